The van der Waals surface area contributed by atoms with Crippen molar-refractivity contribution in [3.05, 3.63) is 0 Å². The fraction of sp³-hybridized carbons (Fsp3) is 1.00. The van der Waals surface area contributed by atoms with E-state index in [2.05, 4.69) is 0 Å². The van der Waals surface area contributed by atoms with Crippen molar-refractivity contribution in [1.82, 2.24) is 0 Å². The maximum Gasteiger partial charge on any atom is 0.282 e. The third kappa shape index (κ3) is 9.38. The van der Waals surface area contributed by atoms with E-state index < -0.39 is 5.97 Å². The summed E-state index contributed by atoms with van der Waals surface area (Å²) in [6.45, 7) is 0.334. The highest BCUT2D eigenvalue weighted by Crippen LogP contribution is 2.21. The Morgan fingerprint density at radius 1 is 0.632 bits per heavy atom. The van der Waals surface area contributed by atoms with E-state index in [0.717, 1.165) is 25.7 Å². The Labute approximate surface area is 118 Å². The van der Waals surface area contributed by atoms with Crippen molar-refractivity contribution in [1.29, 1.82) is 0 Å². The van der Waals surface area contributed by atoms with Gasteiger partial charge in [-0.25, -0.2) is 0 Å². The van der Waals surface area contributed by atoms with Crippen LogP contribution in [0.4, 0.5) is 0 Å². The highest BCUT2D eigenvalue weighted by atomic mass is 16.9. The molecule has 1 N–H and O–H groups in total. The summed E-state index contributed by atoms with van der Waals surface area (Å²) in [4.78, 5) is 0. The highest BCUT2D eigenvalue weighted by Gasteiger charge is 2.28. The van der Waals surface area contributed by atoms with Gasteiger partial charge in [0.15, 0.2) is 0 Å². The Kier molecular flexibility index (Phi) is 12.7. The average molecular weight is 276 g/mol. The second kappa shape index (κ2) is 12.9. The van der Waals surface area contributed by atoms with Gasteiger partial charge in [-0.15, -0.1) is 0 Å². The van der Waals surface area contributed by atoms with E-state index in [1.165, 1.54) is 38.5 Å². The molecule has 0 fully saturated rings. The largest absolute Gasteiger partial charge is 0.396 e. The molecule has 0 bridgehead atoms. The van der Waals surface area contributed by atoms with Gasteiger partial charge in [0, 0.05) is 34.4 Å². The molecular formula is C15H32O4. The lowest BCUT2D eigenvalue weighted by Crippen LogP contribution is -2.35. The first kappa shape index (κ1) is 18.8. The van der Waals surface area contributed by atoms with Crippen LogP contribution in [0, 0.1) is 0 Å². The Hall–Kier alpha value is -0.160. The lowest BCUT2D eigenvalue weighted by molar-refractivity contribution is -0.355. The Morgan fingerprint density at radius 2 is 1.00 bits per heavy atom. The van der Waals surface area contributed by atoms with Crippen molar-refractivity contribution in [3.63, 3.8) is 0 Å². The number of hydrogen-bond acceptors (Lipinski definition) is 4. The van der Waals surface area contributed by atoms with E-state index in [9.17, 15) is 0 Å². The van der Waals surface area contributed by atoms with Crippen LogP contribution < -0.4 is 0 Å². The van der Waals surface area contributed by atoms with Crippen molar-refractivity contribution in [2.75, 3.05) is 27.9 Å². The molecule has 0 atom stereocenters. The van der Waals surface area contributed by atoms with Crippen molar-refractivity contribution >= 4 is 0 Å². The van der Waals surface area contributed by atoms with Crippen LogP contribution in [0.25, 0.3) is 0 Å². The lowest BCUT2D eigenvalue weighted by atomic mass is 10.1. The summed E-state index contributed by atoms with van der Waals surface area (Å²) in [6, 6.07) is 0. The lowest BCUT2D eigenvalue weighted by Gasteiger charge is -2.28. The minimum absolute atomic E-state index is 0.334. The van der Waals surface area contributed by atoms with Crippen molar-refractivity contribution in [3.8, 4) is 0 Å². The molecule has 19 heavy (non-hydrogen) atoms. The summed E-state index contributed by atoms with van der Waals surface area (Å²) in [7, 11) is 4.83. The van der Waals surface area contributed by atoms with Gasteiger partial charge in [-0.2, -0.15) is 0 Å². The van der Waals surface area contributed by atoms with Crippen LogP contribution >= 0.6 is 0 Å². The zero-order chi connectivity index (χ0) is 14.4. The number of aliphatic hydroxyl groups excluding tert-OH is 1. The second-order valence-electron chi connectivity index (χ2n) is 4.95. The van der Waals surface area contributed by atoms with Gasteiger partial charge in [0.05, 0.1) is 0 Å². The maximum atomic E-state index is 8.66. The molecule has 0 rings (SSSR count). The maximum absolute atomic E-state index is 8.66. The van der Waals surface area contributed by atoms with Gasteiger partial charge in [-0.3, -0.25) is 0 Å². The molecule has 0 aliphatic heterocycles. The highest BCUT2D eigenvalue weighted by molar-refractivity contribution is 4.56. The standard InChI is InChI=1S/C15H32O4/c1-17-15(18-2,19-3)13-11-9-7-5-4-6-8-10-12-14-16/h16H,4-14H2,1-3H3. The van der Waals surface area contributed by atoms with E-state index >= 15 is 0 Å². The van der Waals surface area contributed by atoms with Crippen LogP contribution in [0.2, 0.25) is 0 Å². The first-order valence-corrected chi connectivity index (χ1v) is 7.51. The number of methoxy groups -OCH3 is 3. The first-order valence-electron chi connectivity index (χ1n) is 7.51. The molecule has 0 amide bonds. The molecule has 0 aliphatic rings. The van der Waals surface area contributed by atoms with Crippen LogP contribution in [0.3, 0.4) is 0 Å². The number of unbranched alkanes of at least 4 members (excludes halogenated alkanes) is 8. The molecule has 0 radical (unpaired) electrons. The molecule has 0 saturated carbocycles. The molecule has 0 aliphatic carbocycles. The predicted octanol–water partition coefficient (Wildman–Crippen LogP) is 3.47. The Morgan fingerprint density at radius 3 is 1.37 bits per heavy atom. The van der Waals surface area contributed by atoms with E-state index in [0.29, 0.717) is 6.61 Å². The summed E-state index contributed by atoms with van der Waals surface area (Å²) in [5, 5.41) is 8.66. The monoisotopic (exact) mass is 276 g/mol. The molecule has 116 valence electrons. The number of ether oxygens (including phenoxy) is 3. The quantitative estimate of drug-likeness (QED) is 0.390. The Balaban J connectivity index is 3.35. The van der Waals surface area contributed by atoms with E-state index in [-0.39, 0.29) is 0 Å². The minimum atomic E-state index is -0.857. The van der Waals surface area contributed by atoms with E-state index in [1.54, 1.807) is 21.3 Å². The predicted molar refractivity (Wildman–Crippen MR) is 77.0 cm³/mol. The van der Waals surface area contributed by atoms with Crippen LogP contribution in [-0.4, -0.2) is 39.0 Å². The molecule has 0 aromatic carbocycles. The number of aliphatic hydroxyl groups is 1. The molecule has 0 aromatic heterocycles. The van der Waals surface area contributed by atoms with E-state index in [1.807, 2.05) is 0 Å². The van der Waals surface area contributed by atoms with Crippen molar-refractivity contribution in [2.24, 2.45) is 0 Å². The first-order chi connectivity index (χ1) is 9.24. The summed E-state index contributed by atoms with van der Waals surface area (Å²) >= 11 is 0. The SMILES string of the molecule is COC(CCCCCCCCCCCO)(OC)OC. The molecule has 0 spiro atoms. The Bertz CT molecular complexity index is 173. The zero-order valence-electron chi connectivity index (χ0n) is 13.0. The smallest absolute Gasteiger partial charge is 0.282 e. The fourth-order valence-electron chi connectivity index (χ4n) is 2.25. The molecular weight excluding hydrogens is 244 g/mol. The van der Waals surface area contributed by atoms with Crippen LogP contribution in [0.15, 0.2) is 0 Å². The molecule has 4 nitrogen and oxygen atoms in total. The molecule has 0 saturated heterocycles. The number of hydrogen-bond donors (Lipinski definition) is 1. The molecule has 0 heterocycles. The third-order valence-electron chi connectivity index (χ3n) is 3.57. The van der Waals surface area contributed by atoms with Gasteiger partial charge >= 0.3 is 0 Å². The summed E-state index contributed by atoms with van der Waals surface area (Å²) < 4.78 is 15.8. The van der Waals surface area contributed by atoms with Crippen LogP contribution in [0.1, 0.15) is 64.2 Å². The van der Waals surface area contributed by atoms with Gasteiger partial charge in [-0.1, -0.05) is 44.9 Å². The molecule has 0 unspecified atom stereocenters. The second-order valence-corrected chi connectivity index (χ2v) is 4.95. The van der Waals surface area contributed by atoms with Gasteiger partial charge in [-0.05, 0) is 12.8 Å². The van der Waals surface area contributed by atoms with Gasteiger partial charge in [0.1, 0.15) is 0 Å². The summed E-state index contributed by atoms with van der Waals surface area (Å²) in [5.41, 5.74) is 0. The summed E-state index contributed by atoms with van der Waals surface area (Å²) in [5.74, 6) is -0.857. The van der Waals surface area contributed by atoms with Crippen molar-refractivity contribution < 1.29 is 19.3 Å². The van der Waals surface area contributed by atoms with Crippen LogP contribution in [0.5, 0.6) is 0 Å². The van der Waals surface area contributed by atoms with Gasteiger partial charge < -0.3 is 19.3 Å². The molecule has 0 aromatic rings. The summed E-state index contributed by atoms with van der Waals surface area (Å²) in [6.07, 6.45) is 11.5. The normalized spacial score (nSPS) is 12.0. The number of rotatable bonds is 14. The fourth-order valence-corrected chi connectivity index (χ4v) is 2.25. The molecule has 4 heteroatoms. The zero-order valence-corrected chi connectivity index (χ0v) is 13.0. The van der Waals surface area contributed by atoms with E-state index in [4.69, 9.17) is 19.3 Å². The average Bonchev–Trinajstić information content (AvgIpc) is 2.46. The minimum Gasteiger partial charge on any atom is -0.396 e. The van der Waals surface area contributed by atoms with Crippen molar-refractivity contribution in [2.45, 2.75) is 70.2 Å². The van der Waals surface area contributed by atoms with Gasteiger partial charge in [0.2, 0.25) is 0 Å². The van der Waals surface area contributed by atoms with Crippen LogP contribution in [-0.2, 0) is 14.2 Å². The van der Waals surface area contributed by atoms with Gasteiger partial charge in [0.25, 0.3) is 5.97 Å². The topological polar surface area (TPSA) is 47.9 Å². The third-order valence-corrected chi connectivity index (χ3v) is 3.57.